The summed E-state index contributed by atoms with van der Waals surface area (Å²) in [5.41, 5.74) is 5.44. The topological polar surface area (TPSA) is 43.1 Å². The molecule has 1 amide bonds. The molecule has 1 aromatic carbocycles. The number of aryl methyl sites for hydroxylation is 2. The SMILES string of the molecule is Cn1cccc1C(=O)N1CCc2c(-c3ccccc3)nn(C)c2CC1. The molecule has 0 aliphatic carbocycles. The van der Waals surface area contributed by atoms with E-state index in [1.165, 1.54) is 11.3 Å². The fourth-order valence-corrected chi connectivity index (χ4v) is 3.65. The second-order valence-corrected chi connectivity index (χ2v) is 6.56. The van der Waals surface area contributed by atoms with Crippen molar-refractivity contribution in [3.05, 3.63) is 65.6 Å². The van der Waals surface area contributed by atoms with Gasteiger partial charge in [-0.25, -0.2) is 0 Å². The minimum absolute atomic E-state index is 0.106. The van der Waals surface area contributed by atoms with Gasteiger partial charge in [-0.15, -0.1) is 0 Å². The van der Waals surface area contributed by atoms with Crippen molar-refractivity contribution in [1.82, 2.24) is 19.2 Å². The predicted molar refractivity (Wildman–Crippen MR) is 97.4 cm³/mol. The van der Waals surface area contributed by atoms with Gasteiger partial charge in [-0.3, -0.25) is 9.48 Å². The smallest absolute Gasteiger partial charge is 0.270 e. The van der Waals surface area contributed by atoms with Crippen LogP contribution in [0.4, 0.5) is 0 Å². The summed E-state index contributed by atoms with van der Waals surface area (Å²) < 4.78 is 3.87. The van der Waals surface area contributed by atoms with Crippen LogP contribution >= 0.6 is 0 Å². The molecule has 3 aromatic rings. The molecule has 0 bridgehead atoms. The maximum absolute atomic E-state index is 12.8. The molecule has 0 spiro atoms. The Kier molecular flexibility index (Phi) is 3.92. The third-order valence-electron chi connectivity index (χ3n) is 5.02. The molecule has 4 rings (SSSR count). The largest absolute Gasteiger partial charge is 0.347 e. The number of rotatable bonds is 2. The lowest BCUT2D eigenvalue weighted by atomic mass is 10.0. The average Bonchev–Trinajstić information content (AvgIpc) is 3.10. The van der Waals surface area contributed by atoms with Gasteiger partial charge in [-0.1, -0.05) is 30.3 Å². The number of fused-ring (bicyclic) bond motifs is 1. The standard InChI is InChI=1S/C20H22N4O/c1-22-12-6-9-18(22)20(25)24-13-10-16-17(11-14-24)23(2)21-19(16)15-7-4-3-5-8-15/h3-9,12H,10-11,13-14H2,1-2H3. The summed E-state index contributed by atoms with van der Waals surface area (Å²) in [6, 6.07) is 14.1. The number of nitrogens with zero attached hydrogens (tertiary/aromatic N) is 4. The van der Waals surface area contributed by atoms with Crippen LogP contribution in [-0.2, 0) is 26.9 Å². The van der Waals surface area contributed by atoms with Crippen LogP contribution in [0.3, 0.4) is 0 Å². The fraction of sp³-hybridized carbons (Fsp3) is 0.300. The maximum Gasteiger partial charge on any atom is 0.270 e. The number of aromatic nitrogens is 3. The van der Waals surface area contributed by atoms with E-state index in [1.54, 1.807) is 0 Å². The van der Waals surface area contributed by atoms with E-state index >= 15 is 0 Å². The van der Waals surface area contributed by atoms with Gasteiger partial charge in [0.15, 0.2) is 0 Å². The summed E-state index contributed by atoms with van der Waals surface area (Å²) in [7, 11) is 3.91. The number of benzene rings is 1. The zero-order valence-electron chi connectivity index (χ0n) is 14.6. The Balaban J connectivity index is 1.63. The molecule has 0 saturated carbocycles. The molecule has 0 radical (unpaired) electrons. The molecule has 0 fully saturated rings. The van der Waals surface area contributed by atoms with Crippen molar-refractivity contribution in [3.8, 4) is 11.3 Å². The van der Waals surface area contributed by atoms with E-state index in [-0.39, 0.29) is 5.91 Å². The van der Waals surface area contributed by atoms with E-state index < -0.39 is 0 Å². The highest BCUT2D eigenvalue weighted by Crippen LogP contribution is 2.28. The highest BCUT2D eigenvalue weighted by molar-refractivity contribution is 5.92. The minimum atomic E-state index is 0.106. The number of hydrogen-bond acceptors (Lipinski definition) is 2. The molecule has 3 heterocycles. The Morgan fingerprint density at radius 1 is 1.00 bits per heavy atom. The Morgan fingerprint density at radius 3 is 2.48 bits per heavy atom. The van der Waals surface area contributed by atoms with Crippen LogP contribution in [-0.4, -0.2) is 38.2 Å². The lowest BCUT2D eigenvalue weighted by Gasteiger charge is -2.20. The highest BCUT2D eigenvalue weighted by atomic mass is 16.2. The molecule has 0 unspecified atom stereocenters. The summed E-state index contributed by atoms with van der Waals surface area (Å²) in [5, 5.41) is 4.75. The summed E-state index contributed by atoms with van der Waals surface area (Å²) in [6.45, 7) is 1.45. The van der Waals surface area contributed by atoms with E-state index in [0.29, 0.717) is 0 Å². The molecule has 1 aliphatic rings. The van der Waals surface area contributed by atoms with Crippen molar-refractivity contribution in [3.63, 3.8) is 0 Å². The first-order chi connectivity index (χ1) is 12.1. The zero-order chi connectivity index (χ0) is 17.4. The van der Waals surface area contributed by atoms with E-state index in [1.807, 2.05) is 64.8 Å². The summed E-state index contributed by atoms with van der Waals surface area (Å²) in [6.07, 6.45) is 3.59. The molecule has 128 valence electrons. The lowest BCUT2D eigenvalue weighted by Crippen LogP contribution is -2.34. The molecular weight excluding hydrogens is 312 g/mol. The van der Waals surface area contributed by atoms with Crippen LogP contribution in [0, 0.1) is 0 Å². The van der Waals surface area contributed by atoms with Crippen LogP contribution in [0.2, 0.25) is 0 Å². The predicted octanol–water partition coefficient (Wildman–Crippen LogP) is 2.67. The second-order valence-electron chi connectivity index (χ2n) is 6.56. The Labute approximate surface area is 147 Å². The van der Waals surface area contributed by atoms with Crippen molar-refractivity contribution in [1.29, 1.82) is 0 Å². The molecule has 0 N–H and O–H groups in total. The van der Waals surface area contributed by atoms with Gasteiger partial charge in [0.2, 0.25) is 0 Å². The van der Waals surface area contributed by atoms with Crippen LogP contribution in [0.15, 0.2) is 48.7 Å². The monoisotopic (exact) mass is 334 g/mol. The lowest BCUT2D eigenvalue weighted by molar-refractivity contribution is 0.0753. The van der Waals surface area contributed by atoms with Crippen LogP contribution < -0.4 is 0 Å². The first-order valence-corrected chi connectivity index (χ1v) is 8.66. The quantitative estimate of drug-likeness (QED) is 0.723. The maximum atomic E-state index is 12.8. The van der Waals surface area contributed by atoms with E-state index in [2.05, 4.69) is 12.1 Å². The zero-order valence-corrected chi connectivity index (χ0v) is 14.6. The summed E-state index contributed by atoms with van der Waals surface area (Å²) in [5.74, 6) is 0.106. The minimum Gasteiger partial charge on any atom is -0.347 e. The third kappa shape index (κ3) is 2.76. The highest BCUT2D eigenvalue weighted by Gasteiger charge is 2.25. The van der Waals surface area contributed by atoms with Gasteiger partial charge in [0.25, 0.3) is 5.91 Å². The molecule has 2 aromatic heterocycles. The summed E-state index contributed by atoms with van der Waals surface area (Å²) in [4.78, 5) is 14.8. The van der Waals surface area contributed by atoms with Crippen molar-refractivity contribution in [2.24, 2.45) is 14.1 Å². The Bertz CT molecular complexity index is 907. The molecule has 0 atom stereocenters. The number of carbonyl (C=O) groups excluding carboxylic acids is 1. The van der Waals surface area contributed by atoms with Gasteiger partial charge in [-0.05, 0) is 18.6 Å². The van der Waals surface area contributed by atoms with E-state index in [4.69, 9.17) is 5.10 Å². The third-order valence-corrected chi connectivity index (χ3v) is 5.02. The second kappa shape index (κ2) is 6.24. The van der Waals surface area contributed by atoms with Gasteiger partial charge in [-0.2, -0.15) is 5.10 Å². The van der Waals surface area contributed by atoms with Gasteiger partial charge in [0.05, 0.1) is 5.69 Å². The van der Waals surface area contributed by atoms with Gasteiger partial charge < -0.3 is 9.47 Å². The molecular formula is C20H22N4O. The van der Waals surface area contributed by atoms with Gasteiger partial charge in [0, 0.05) is 56.6 Å². The Hall–Kier alpha value is -2.82. The van der Waals surface area contributed by atoms with Crippen LogP contribution in [0.1, 0.15) is 21.7 Å². The van der Waals surface area contributed by atoms with E-state index in [0.717, 1.165) is 42.9 Å². The fourth-order valence-electron chi connectivity index (χ4n) is 3.65. The van der Waals surface area contributed by atoms with Crippen LogP contribution in [0.5, 0.6) is 0 Å². The summed E-state index contributed by atoms with van der Waals surface area (Å²) >= 11 is 0. The molecule has 5 nitrogen and oxygen atoms in total. The number of hydrogen-bond donors (Lipinski definition) is 0. The molecule has 0 saturated heterocycles. The Morgan fingerprint density at radius 2 is 1.76 bits per heavy atom. The van der Waals surface area contributed by atoms with Crippen molar-refractivity contribution >= 4 is 5.91 Å². The van der Waals surface area contributed by atoms with Crippen LogP contribution in [0.25, 0.3) is 11.3 Å². The first-order valence-electron chi connectivity index (χ1n) is 8.66. The average molecular weight is 334 g/mol. The van der Waals surface area contributed by atoms with Crippen molar-refractivity contribution in [2.45, 2.75) is 12.8 Å². The molecule has 5 heteroatoms. The van der Waals surface area contributed by atoms with Gasteiger partial charge in [0.1, 0.15) is 5.69 Å². The van der Waals surface area contributed by atoms with Gasteiger partial charge >= 0.3 is 0 Å². The number of amides is 1. The van der Waals surface area contributed by atoms with Crippen molar-refractivity contribution < 1.29 is 4.79 Å². The molecule has 25 heavy (non-hydrogen) atoms. The van der Waals surface area contributed by atoms with E-state index in [9.17, 15) is 4.79 Å². The normalized spacial score (nSPS) is 14.2. The number of carbonyl (C=O) groups is 1. The molecule has 1 aliphatic heterocycles. The first kappa shape index (κ1) is 15.7. The van der Waals surface area contributed by atoms with Crippen molar-refractivity contribution in [2.75, 3.05) is 13.1 Å².